The van der Waals surface area contributed by atoms with Crippen molar-refractivity contribution >= 4 is 22.7 Å². The fourth-order valence-corrected chi connectivity index (χ4v) is 2.42. The monoisotopic (exact) mass is 326 g/mol. The highest BCUT2D eigenvalue weighted by atomic mass is 16.5. The second kappa shape index (κ2) is 6.67. The number of hydrogen-bond acceptors (Lipinski definition) is 6. The predicted molar refractivity (Wildman–Crippen MR) is 90.8 cm³/mol. The molecule has 124 valence electrons. The van der Waals surface area contributed by atoms with Crippen molar-refractivity contribution in [2.75, 3.05) is 20.3 Å². The Bertz CT molecular complexity index is 877. The molecule has 0 amide bonds. The summed E-state index contributed by atoms with van der Waals surface area (Å²) in [5.74, 6) is 0.319. The lowest BCUT2D eigenvalue weighted by Crippen LogP contribution is -2.26. The molecule has 7 heteroatoms. The normalized spacial score (nSPS) is 16.3. The molecule has 0 aliphatic heterocycles. The molecule has 0 spiro atoms. The zero-order chi connectivity index (χ0) is 17.1. The van der Waals surface area contributed by atoms with Crippen molar-refractivity contribution in [3.63, 3.8) is 0 Å². The van der Waals surface area contributed by atoms with Gasteiger partial charge in [0.2, 0.25) is 0 Å². The maximum Gasteiger partial charge on any atom is 0.259 e. The number of aliphatic hydroxyl groups excluding tert-OH is 1. The number of rotatable bonds is 5. The van der Waals surface area contributed by atoms with Crippen molar-refractivity contribution in [1.29, 1.82) is 0 Å². The minimum absolute atomic E-state index is 0.0401. The summed E-state index contributed by atoms with van der Waals surface area (Å²) in [6, 6.07) is 5.66. The van der Waals surface area contributed by atoms with E-state index in [0.29, 0.717) is 35.1 Å². The minimum atomic E-state index is -0.0822. The second-order valence-electron chi connectivity index (χ2n) is 5.29. The van der Waals surface area contributed by atoms with E-state index in [-0.39, 0.29) is 12.4 Å². The first-order valence-electron chi connectivity index (χ1n) is 7.53. The van der Waals surface area contributed by atoms with E-state index in [0.717, 1.165) is 5.52 Å². The minimum Gasteiger partial charge on any atom is -0.478 e. The molecular formula is C17H18N4O3. The molecule has 0 atom stereocenters. The first-order valence-corrected chi connectivity index (χ1v) is 7.53. The molecule has 0 bridgehead atoms. The van der Waals surface area contributed by atoms with Crippen molar-refractivity contribution in [3.8, 4) is 5.88 Å². The number of ether oxygens (including phenoxy) is 1. The van der Waals surface area contributed by atoms with Gasteiger partial charge in [-0.2, -0.15) is 0 Å². The third-order valence-electron chi connectivity index (χ3n) is 3.63. The highest BCUT2D eigenvalue weighted by Gasteiger charge is 2.19. The largest absolute Gasteiger partial charge is 0.478 e. The first-order chi connectivity index (χ1) is 11.6. The fourth-order valence-electron chi connectivity index (χ4n) is 2.42. The van der Waals surface area contributed by atoms with Gasteiger partial charge in [0.05, 0.1) is 30.6 Å². The van der Waals surface area contributed by atoms with Crippen LogP contribution >= 0.6 is 0 Å². The number of fused-ring (bicyclic) bond motifs is 1. The number of nitrogens with one attached hydrogen (secondary N) is 1. The van der Waals surface area contributed by atoms with Gasteiger partial charge in [0.1, 0.15) is 0 Å². The van der Waals surface area contributed by atoms with Crippen LogP contribution in [0.15, 0.2) is 52.8 Å². The average molecular weight is 326 g/mol. The SMILES string of the molecule is COc1nn2ccccc2c1N=C1C=C(C)C(=O)C=C1NCCO. The Hall–Kier alpha value is -2.93. The fraction of sp³-hybridized carbons (Fsp3) is 0.235. The lowest BCUT2D eigenvalue weighted by Gasteiger charge is -2.15. The van der Waals surface area contributed by atoms with E-state index in [1.807, 2.05) is 24.4 Å². The van der Waals surface area contributed by atoms with E-state index in [9.17, 15) is 4.79 Å². The molecule has 0 saturated carbocycles. The van der Waals surface area contributed by atoms with Crippen LogP contribution in [0.5, 0.6) is 5.88 Å². The molecular weight excluding hydrogens is 308 g/mol. The maximum absolute atomic E-state index is 11.9. The van der Waals surface area contributed by atoms with E-state index in [1.165, 1.54) is 13.2 Å². The van der Waals surface area contributed by atoms with E-state index in [2.05, 4.69) is 15.4 Å². The van der Waals surface area contributed by atoms with Gasteiger partial charge in [0.15, 0.2) is 11.5 Å². The number of carbonyl (C=O) groups is 1. The maximum atomic E-state index is 11.9. The molecule has 2 N–H and O–H groups in total. The van der Waals surface area contributed by atoms with Crippen molar-refractivity contribution < 1.29 is 14.6 Å². The molecule has 1 aliphatic carbocycles. The number of aliphatic hydroxyl groups is 1. The van der Waals surface area contributed by atoms with Crippen molar-refractivity contribution in [3.05, 3.63) is 47.8 Å². The third-order valence-corrected chi connectivity index (χ3v) is 3.63. The Morgan fingerprint density at radius 3 is 2.96 bits per heavy atom. The van der Waals surface area contributed by atoms with Gasteiger partial charge < -0.3 is 15.2 Å². The number of allylic oxidation sites excluding steroid dienone is 3. The molecule has 24 heavy (non-hydrogen) atoms. The van der Waals surface area contributed by atoms with Crippen molar-refractivity contribution in [2.24, 2.45) is 4.99 Å². The van der Waals surface area contributed by atoms with Crippen molar-refractivity contribution in [2.45, 2.75) is 6.92 Å². The molecule has 2 aromatic heterocycles. The van der Waals surface area contributed by atoms with Gasteiger partial charge in [-0.3, -0.25) is 4.79 Å². The molecule has 0 aromatic carbocycles. The number of methoxy groups -OCH3 is 1. The van der Waals surface area contributed by atoms with Gasteiger partial charge in [-0.05, 0) is 30.7 Å². The third kappa shape index (κ3) is 2.93. The van der Waals surface area contributed by atoms with Crippen LogP contribution in [0.2, 0.25) is 0 Å². The molecule has 0 radical (unpaired) electrons. The molecule has 1 aliphatic rings. The van der Waals surface area contributed by atoms with Gasteiger partial charge >= 0.3 is 0 Å². The second-order valence-corrected chi connectivity index (χ2v) is 5.29. The van der Waals surface area contributed by atoms with E-state index >= 15 is 0 Å². The van der Waals surface area contributed by atoms with Crippen LogP contribution in [0, 0.1) is 0 Å². The number of aliphatic imine (C=N–C) groups is 1. The summed E-state index contributed by atoms with van der Waals surface area (Å²) in [6.45, 7) is 2.03. The Balaban J connectivity index is 2.11. The molecule has 2 heterocycles. The van der Waals surface area contributed by atoms with E-state index < -0.39 is 0 Å². The van der Waals surface area contributed by atoms with Crippen molar-refractivity contribution in [1.82, 2.24) is 14.9 Å². The Morgan fingerprint density at radius 1 is 1.38 bits per heavy atom. The van der Waals surface area contributed by atoms with Gasteiger partial charge in [-0.1, -0.05) is 6.07 Å². The van der Waals surface area contributed by atoms with Crippen LogP contribution in [0.4, 0.5) is 5.69 Å². The van der Waals surface area contributed by atoms with E-state index in [1.54, 1.807) is 17.5 Å². The lowest BCUT2D eigenvalue weighted by atomic mass is 10.0. The zero-order valence-electron chi connectivity index (χ0n) is 13.5. The molecule has 3 rings (SSSR count). The van der Waals surface area contributed by atoms with Crippen LogP contribution < -0.4 is 10.1 Å². The lowest BCUT2D eigenvalue weighted by molar-refractivity contribution is -0.111. The summed E-state index contributed by atoms with van der Waals surface area (Å²) >= 11 is 0. The van der Waals surface area contributed by atoms with Gasteiger partial charge in [0, 0.05) is 18.8 Å². The number of aromatic nitrogens is 2. The van der Waals surface area contributed by atoms with E-state index in [4.69, 9.17) is 9.84 Å². The Labute approximate surface area is 139 Å². The predicted octanol–water partition coefficient (Wildman–Crippen LogP) is 1.41. The summed E-state index contributed by atoms with van der Waals surface area (Å²) in [4.78, 5) is 16.6. The smallest absolute Gasteiger partial charge is 0.259 e. The summed E-state index contributed by atoms with van der Waals surface area (Å²) in [5.41, 5.74) is 3.14. The highest BCUT2D eigenvalue weighted by Crippen LogP contribution is 2.32. The van der Waals surface area contributed by atoms with Gasteiger partial charge in [-0.15, -0.1) is 5.10 Å². The topological polar surface area (TPSA) is 88.2 Å². The molecule has 0 unspecified atom stereocenters. The summed E-state index contributed by atoms with van der Waals surface area (Å²) < 4.78 is 7.02. The molecule has 0 saturated heterocycles. The standard InChI is InChI=1S/C17H18N4O3/c1-11-9-13(12(10-15(11)23)18-6-8-22)19-16-14-5-3-4-7-21(14)20-17(16)24-2/h3-5,7,9-10,18,22H,6,8H2,1-2H3. The molecule has 7 nitrogen and oxygen atoms in total. The number of hydrogen-bond donors (Lipinski definition) is 2. The molecule has 2 aromatic rings. The van der Waals surface area contributed by atoms with Crippen LogP contribution in [0.1, 0.15) is 6.92 Å². The summed E-state index contributed by atoms with van der Waals surface area (Å²) in [7, 11) is 1.54. The van der Waals surface area contributed by atoms with Crippen LogP contribution in [0.3, 0.4) is 0 Å². The van der Waals surface area contributed by atoms with Crippen LogP contribution in [-0.4, -0.2) is 46.5 Å². The van der Waals surface area contributed by atoms with Gasteiger partial charge in [-0.25, -0.2) is 9.51 Å². The van der Waals surface area contributed by atoms with Crippen LogP contribution in [-0.2, 0) is 4.79 Å². The van der Waals surface area contributed by atoms with Gasteiger partial charge in [0.25, 0.3) is 5.88 Å². The Kier molecular flexibility index (Phi) is 4.43. The number of ketones is 1. The quantitative estimate of drug-likeness (QED) is 0.811. The summed E-state index contributed by atoms with van der Waals surface area (Å²) in [6.07, 6.45) is 5.02. The number of carbonyl (C=O) groups excluding carboxylic acids is 1. The highest BCUT2D eigenvalue weighted by molar-refractivity contribution is 6.22. The summed E-state index contributed by atoms with van der Waals surface area (Å²) in [5, 5.41) is 16.4. The first kappa shape index (κ1) is 15.9. The van der Waals surface area contributed by atoms with Crippen LogP contribution in [0.25, 0.3) is 5.52 Å². The Morgan fingerprint density at radius 2 is 2.21 bits per heavy atom. The number of pyridine rings is 1. The average Bonchev–Trinajstić information content (AvgIpc) is 2.94. The number of nitrogens with zero attached hydrogens (tertiary/aromatic N) is 3. The zero-order valence-corrected chi connectivity index (χ0v) is 13.5. The molecule has 0 fully saturated rings.